The van der Waals surface area contributed by atoms with Crippen LogP contribution in [-0.4, -0.2) is 24.2 Å². The molecule has 0 aromatic rings. The van der Waals surface area contributed by atoms with Gasteiger partial charge in [-0.25, -0.2) is 0 Å². The second kappa shape index (κ2) is 4.04. The van der Waals surface area contributed by atoms with Crippen molar-refractivity contribution in [1.82, 2.24) is 5.43 Å². The first-order valence-electron chi connectivity index (χ1n) is 3.73. The molecule has 0 atom stereocenters. The van der Waals surface area contributed by atoms with Crippen LogP contribution in [0.5, 0.6) is 0 Å². The summed E-state index contributed by atoms with van der Waals surface area (Å²) in [5.41, 5.74) is 2.86. The molecule has 0 aliphatic heterocycles. The maximum Gasteiger partial charge on any atom is 0.243 e. The molecule has 0 heterocycles. The van der Waals surface area contributed by atoms with Crippen molar-refractivity contribution in [2.24, 2.45) is 10.5 Å². The van der Waals surface area contributed by atoms with Crippen molar-refractivity contribution in [1.29, 1.82) is 0 Å². The van der Waals surface area contributed by atoms with E-state index in [9.17, 15) is 10.1 Å². The first-order chi connectivity index (χ1) is 5.38. The SMILES string of the molecule is CN/N=C(/C[N+](=O)[O-])C(C)(C)C. The Kier molecular flexibility index (Phi) is 3.66. The molecule has 0 saturated heterocycles. The number of nitrogens with zero attached hydrogens (tertiary/aromatic N) is 2. The fourth-order valence-corrected chi connectivity index (χ4v) is 0.697. The van der Waals surface area contributed by atoms with E-state index in [1.54, 1.807) is 7.05 Å². The number of nitrogens with one attached hydrogen (secondary N) is 1. The first-order valence-corrected chi connectivity index (χ1v) is 3.73. The zero-order valence-electron chi connectivity index (χ0n) is 7.92. The fraction of sp³-hybridized carbons (Fsp3) is 0.857. The van der Waals surface area contributed by atoms with Gasteiger partial charge in [0, 0.05) is 17.4 Å². The van der Waals surface area contributed by atoms with Crippen molar-refractivity contribution in [2.75, 3.05) is 13.6 Å². The normalized spacial score (nSPS) is 12.8. The van der Waals surface area contributed by atoms with Crippen molar-refractivity contribution < 1.29 is 4.92 Å². The quantitative estimate of drug-likeness (QED) is 0.391. The molecule has 5 nitrogen and oxygen atoms in total. The molecule has 0 saturated carbocycles. The summed E-state index contributed by atoms with van der Waals surface area (Å²) in [5.74, 6) is 0. The molecule has 1 N–H and O–H groups in total. The Bertz CT molecular complexity index is 193. The van der Waals surface area contributed by atoms with Gasteiger partial charge in [0.15, 0.2) is 0 Å². The van der Waals surface area contributed by atoms with E-state index < -0.39 is 0 Å². The Labute approximate surface area is 72.0 Å². The molecule has 0 bridgehead atoms. The van der Waals surface area contributed by atoms with E-state index in [0.29, 0.717) is 5.71 Å². The lowest BCUT2D eigenvalue weighted by molar-refractivity contribution is -0.463. The summed E-state index contributed by atoms with van der Waals surface area (Å²) in [7, 11) is 1.63. The van der Waals surface area contributed by atoms with Crippen molar-refractivity contribution in [3.8, 4) is 0 Å². The van der Waals surface area contributed by atoms with Gasteiger partial charge >= 0.3 is 0 Å². The molecule has 0 aromatic carbocycles. The molecule has 12 heavy (non-hydrogen) atoms. The van der Waals surface area contributed by atoms with Crippen LogP contribution in [0.1, 0.15) is 20.8 Å². The minimum atomic E-state index is -0.374. The van der Waals surface area contributed by atoms with Gasteiger partial charge in [0.25, 0.3) is 0 Å². The minimum Gasteiger partial charge on any atom is -0.313 e. The van der Waals surface area contributed by atoms with Crippen molar-refractivity contribution in [3.05, 3.63) is 10.1 Å². The van der Waals surface area contributed by atoms with Crippen LogP contribution in [0.3, 0.4) is 0 Å². The van der Waals surface area contributed by atoms with Crippen LogP contribution in [0.25, 0.3) is 0 Å². The van der Waals surface area contributed by atoms with Gasteiger partial charge in [-0.3, -0.25) is 10.1 Å². The molecular formula is C7H15N3O2. The fourth-order valence-electron chi connectivity index (χ4n) is 0.697. The van der Waals surface area contributed by atoms with Gasteiger partial charge in [-0.15, -0.1) is 0 Å². The Morgan fingerprint density at radius 3 is 2.33 bits per heavy atom. The topological polar surface area (TPSA) is 67.5 Å². The van der Waals surface area contributed by atoms with E-state index in [4.69, 9.17) is 0 Å². The van der Waals surface area contributed by atoms with Crippen LogP contribution < -0.4 is 5.43 Å². The van der Waals surface area contributed by atoms with Crippen LogP contribution in [0.4, 0.5) is 0 Å². The summed E-state index contributed by atoms with van der Waals surface area (Å²) in [6, 6.07) is 0. The zero-order chi connectivity index (χ0) is 9.78. The van der Waals surface area contributed by atoms with Crippen LogP contribution in [0, 0.1) is 15.5 Å². The monoisotopic (exact) mass is 173 g/mol. The molecule has 5 heteroatoms. The van der Waals surface area contributed by atoms with Gasteiger partial charge in [-0.1, -0.05) is 20.8 Å². The molecule has 0 aliphatic carbocycles. The smallest absolute Gasteiger partial charge is 0.243 e. The van der Waals surface area contributed by atoms with Gasteiger partial charge in [-0.05, 0) is 0 Å². The van der Waals surface area contributed by atoms with E-state index in [-0.39, 0.29) is 16.9 Å². The lowest BCUT2D eigenvalue weighted by atomic mass is 9.90. The summed E-state index contributed by atoms with van der Waals surface area (Å²) >= 11 is 0. The Morgan fingerprint density at radius 2 is 2.08 bits per heavy atom. The summed E-state index contributed by atoms with van der Waals surface area (Å²) in [5, 5.41) is 14.1. The van der Waals surface area contributed by atoms with Gasteiger partial charge < -0.3 is 5.43 Å². The lowest BCUT2D eigenvalue weighted by Crippen LogP contribution is -2.29. The third-order valence-electron chi connectivity index (χ3n) is 1.39. The highest BCUT2D eigenvalue weighted by molar-refractivity contribution is 5.89. The molecule has 0 spiro atoms. The second-order valence-electron chi connectivity index (χ2n) is 3.52. The highest BCUT2D eigenvalue weighted by Crippen LogP contribution is 2.15. The maximum atomic E-state index is 10.2. The Morgan fingerprint density at radius 1 is 1.58 bits per heavy atom. The van der Waals surface area contributed by atoms with Crippen LogP contribution >= 0.6 is 0 Å². The molecule has 0 fully saturated rings. The highest BCUT2D eigenvalue weighted by atomic mass is 16.6. The number of hydrazone groups is 1. The molecule has 70 valence electrons. The minimum absolute atomic E-state index is 0.204. The molecule has 0 aliphatic rings. The van der Waals surface area contributed by atoms with E-state index in [0.717, 1.165) is 0 Å². The highest BCUT2D eigenvalue weighted by Gasteiger charge is 2.23. The van der Waals surface area contributed by atoms with Crippen molar-refractivity contribution in [3.63, 3.8) is 0 Å². The standard InChI is InChI=1S/C7H15N3O2/c1-7(2,3)6(9-8-4)5-10(11)12/h8H,5H2,1-4H3/b9-6-. The third kappa shape index (κ3) is 3.90. The third-order valence-corrected chi connectivity index (χ3v) is 1.39. The largest absolute Gasteiger partial charge is 0.313 e. The van der Waals surface area contributed by atoms with E-state index in [1.165, 1.54) is 0 Å². The molecule has 0 radical (unpaired) electrons. The average Bonchev–Trinajstić information content (AvgIpc) is 1.83. The van der Waals surface area contributed by atoms with E-state index >= 15 is 0 Å². The van der Waals surface area contributed by atoms with Crippen LogP contribution in [0.15, 0.2) is 5.10 Å². The summed E-state index contributed by atoms with van der Waals surface area (Å²) in [6.45, 7) is 5.48. The molecule has 0 amide bonds. The molecule has 0 unspecified atom stereocenters. The van der Waals surface area contributed by atoms with Crippen LogP contribution in [-0.2, 0) is 0 Å². The zero-order valence-corrected chi connectivity index (χ0v) is 7.92. The molecular weight excluding hydrogens is 158 g/mol. The lowest BCUT2D eigenvalue weighted by Gasteiger charge is -2.17. The second-order valence-corrected chi connectivity index (χ2v) is 3.52. The predicted octanol–water partition coefficient (Wildman–Crippen LogP) is 0.885. The summed E-state index contributed by atoms with van der Waals surface area (Å²) in [6.07, 6.45) is 0. The average molecular weight is 173 g/mol. The maximum absolute atomic E-state index is 10.2. The summed E-state index contributed by atoms with van der Waals surface area (Å²) in [4.78, 5) is 9.85. The van der Waals surface area contributed by atoms with Crippen molar-refractivity contribution >= 4 is 5.71 Å². The number of hydrogen-bond acceptors (Lipinski definition) is 4. The van der Waals surface area contributed by atoms with Gasteiger partial charge in [-0.2, -0.15) is 5.10 Å². The van der Waals surface area contributed by atoms with Crippen molar-refractivity contribution in [2.45, 2.75) is 20.8 Å². The van der Waals surface area contributed by atoms with Gasteiger partial charge in [0.05, 0.1) is 0 Å². The Hall–Kier alpha value is -1.13. The van der Waals surface area contributed by atoms with Gasteiger partial charge in [0.1, 0.15) is 5.71 Å². The number of rotatable bonds is 3. The predicted molar refractivity (Wildman–Crippen MR) is 47.8 cm³/mol. The Balaban J connectivity index is 4.46. The molecule has 0 rings (SSSR count). The number of nitro groups is 1. The molecule has 0 aromatic heterocycles. The summed E-state index contributed by atoms with van der Waals surface area (Å²) < 4.78 is 0. The van der Waals surface area contributed by atoms with Gasteiger partial charge in [0.2, 0.25) is 6.54 Å². The first kappa shape index (κ1) is 10.9. The number of hydrogen-bond donors (Lipinski definition) is 1. The van der Waals surface area contributed by atoms with E-state index in [1.807, 2.05) is 20.8 Å². The van der Waals surface area contributed by atoms with E-state index in [2.05, 4.69) is 10.5 Å². The van der Waals surface area contributed by atoms with Crippen LogP contribution in [0.2, 0.25) is 0 Å².